The highest BCUT2D eigenvalue weighted by Crippen LogP contribution is 2.60. The molecule has 124 valence electrons. The molecule has 2 amide bonds. The Morgan fingerprint density at radius 2 is 1.57 bits per heavy atom. The van der Waals surface area contributed by atoms with Gasteiger partial charge in [0.25, 0.3) is 0 Å². The van der Waals surface area contributed by atoms with Gasteiger partial charge in [-0.2, -0.15) is 0 Å². The van der Waals surface area contributed by atoms with E-state index in [-0.39, 0.29) is 29.1 Å². The van der Waals surface area contributed by atoms with Crippen molar-refractivity contribution in [3.63, 3.8) is 0 Å². The second-order valence-corrected chi connectivity index (χ2v) is 9.38. The molecule has 0 aromatic heterocycles. The van der Waals surface area contributed by atoms with Crippen molar-refractivity contribution < 1.29 is 9.59 Å². The summed E-state index contributed by atoms with van der Waals surface area (Å²) in [6, 6.07) is 0. The van der Waals surface area contributed by atoms with E-state index in [9.17, 15) is 9.59 Å². The molecule has 1 saturated heterocycles. The second-order valence-electron chi connectivity index (χ2n) is 9.38. The Labute approximate surface area is 138 Å². The third-order valence-electron chi connectivity index (χ3n) is 7.57. The van der Waals surface area contributed by atoms with Gasteiger partial charge in [0, 0.05) is 6.54 Å². The summed E-state index contributed by atoms with van der Waals surface area (Å²) in [7, 11) is 0. The third-order valence-corrected chi connectivity index (χ3v) is 7.57. The second kappa shape index (κ2) is 4.70. The molecule has 5 aliphatic carbocycles. The van der Waals surface area contributed by atoms with Gasteiger partial charge in [-0.05, 0) is 81.5 Å². The highest BCUT2D eigenvalue weighted by atomic mass is 16.2. The third kappa shape index (κ3) is 2.08. The van der Waals surface area contributed by atoms with Crippen LogP contribution in [0.1, 0.15) is 58.3 Å². The van der Waals surface area contributed by atoms with E-state index in [1.165, 1.54) is 44.1 Å². The standard InChI is InChI=1S/C20H27NO2/c1-12-2-3-16-17(4-12)19(23)21(18(16)22)11-20-8-13-5-14(9-20)7-15(6-13)10-20/h2,13-17H,3-11H2,1H3. The molecule has 2 atom stereocenters. The summed E-state index contributed by atoms with van der Waals surface area (Å²) < 4.78 is 0. The molecule has 5 fully saturated rings. The summed E-state index contributed by atoms with van der Waals surface area (Å²) >= 11 is 0. The van der Waals surface area contributed by atoms with Crippen LogP contribution in [0.25, 0.3) is 0 Å². The van der Waals surface area contributed by atoms with Gasteiger partial charge in [-0.3, -0.25) is 14.5 Å². The van der Waals surface area contributed by atoms with Gasteiger partial charge in [0.1, 0.15) is 0 Å². The van der Waals surface area contributed by atoms with E-state index in [4.69, 9.17) is 0 Å². The molecule has 0 spiro atoms. The number of allylic oxidation sites excluding steroid dienone is 2. The van der Waals surface area contributed by atoms with E-state index in [1.54, 1.807) is 4.90 Å². The van der Waals surface area contributed by atoms with Crippen molar-refractivity contribution >= 4 is 11.8 Å². The van der Waals surface area contributed by atoms with Crippen LogP contribution in [-0.2, 0) is 9.59 Å². The average molecular weight is 313 g/mol. The Kier molecular flexibility index (Phi) is 2.91. The smallest absolute Gasteiger partial charge is 0.233 e. The fraction of sp³-hybridized carbons (Fsp3) is 0.800. The number of carbonyl (C=O) groups is 2. The highest BCUT2D eigenvalue weighted by Gasteiger charge is 2.55. The molecule has 2 unspecified atom stereocenters. The van der Waals surface area contributed by atoms with Crippen LogP contribution in [0.5, 0.6) is 0 Å². The summed E-state index contributed by atoms with van der Waals surface area (Å²) in [6.45, 7) is 2.83. The molecule has 0 N–H and O–H groups in total. The van der Waals surface area contributed by atoms with Crippen molar-refractivity contribution in [2.75, 3.05) is 6.54 Å². The molecule has 0 aromatic rings. The first kappa shape index (κ1) is 14.2. The number of hydrogen-bond donors (Lipinski definition) is 0. The molecule has 23 heavy (non-hydrogen) atoms. The molecule has 6 rings (SSSR count). The molecule has 6 aliphatic rings. The van der Waals surface area contributed by atoms with Crippen LogP contribution < -0.4 is 0 Å². The molecule has 4 bridgehead atoms. The van der Waals surface area contributed by atoms with Gasteiger partial charge in [-0.15, -0.1) is 0 Å². The first-order valence-corrected chi connectivity index (χ1v) is 9.54. The van der Waals surface area contributed by atoms with Gasteiger partial charge in [0.05, 0.1) is 11.8 Å². The molecule has 1 aliphatic heterocycles. The maximum atomic E-state index is 12.9. The molecule has 3 heteroatoms. The summed E-state index contributed by atoms with van der Waals surface area (Å²) in [5.41, 5.74) is 1.56. The van der Waals surface area contributed by atoms with Crippen LogP contribution in [0.3, 0.4) is 0 Å². The molecule has 4 saturated carbocycles. The van der Waals surface area contributed by atoms with Crippen LogP contribution in [-0.4, -0.2) is 23.3 Å². The minimum Gasteiger partial charge on any atom is -0.282 e. The molecular weight excluding hydrogens is 286 g/mol. The highest BCUT2D eigenvalue weighted by molar-refractivity contribution is 6.05. The van der Waals surface area contributed by atoms with E-state index in [2.05, 4.69) is 13.0 Å². The number of nitrogens with zero attached hydrogens (tertiary/aromatic N) is 1. The number of carbonyl (C=O) groups excluding carboxylic acids is 2. The zero-order valence-electron chi connectivity index (χ0n) is 14.1. The first-order valence-electron chi connectivity index (χ1n) is 9.54. The maximum absolute atomic E-state index is 12.9. The Hall–Kier alpha value is -1.12. The lowest BCUT2D eigenvalue weighted by molar-refractivity contribution is -0.146. The number of fused-ring (bicyclic) bond motifs is 1. The van der Waals surface area contributed by atoms with Crippen molar-refractivity contribution in [1.29, 1.82) is 0 Å². The largest absolute Gasteiger partial charge is 0.282 e. The Balaban J connectivity index is 1.39. The normalized spacial score (nSPS) is 48.0. The van der Waals surface area contributed by atoms with Gasteiger partial charge in [0.15, 0.2) is 0 Å². The monoisotopic (exact) mass is 313 g/mol. The van der Waals surface area contributed by atoms with Crippen molar-refractivity contribution in [3.8, 4) is 0 Å². The Morgan fingerprint density at radius 3 is 2.17 bits per heavy atom. The van der Waals surface area contributed by atoms with Gasteiger partial charge < -0.3 is 0 Å². The van der Waals surface area contributed by atoms with Crippen molar-refractivity contribution in [1.82, 2.24) is 4.90 Å². The van der Waals surface area contributed by atoms with E-state index in [0.717, 1.165) is 37.1 Å². The van der Waals surface area contributed by atoms with Crippen molar-refractivity contribution in [2.24, 2.45) is 35.0 Å². The zero-order valence-corrected chi connectivity index (χ0v) is 14.1. The summed E-state index contributed by atoms with van der Waals surface area (Å²) in [5.74, 6) is 2.80. The fourth-order valence-corrected chi connectivity index (χ4v) is 7.08. The predicted octanol–water partition coefficient (Wildman–Crippen LogP) is 3.54. The maximum Gasteiger partial charge on any atom is 0.233 e. The van der Waals surface area contributed by atoms with Gasteiger partial charge >= 0.3 is 0 Å². The van der Waals surface area contributed by atoms with Gasteiger partial charge in [-0.1, -0.05) is 11.6 Å². The lowest BCUT2D eigenvalue weighted by Crippen LogP contribution is -2.52. The quantitative estimate of drug-likeness (QED) is 0.577. The van der Waals surface area contributed by atoms with Crippen LogP contribution in [0.4, 0.5) is 0 Å². The number of hydrogen-bond acceptors (Lipinski definition) is 2. The number of rotatable bonds is 2. The topological polar surface area (TPSA) is 37.4 Å². The SMILES string of the molecule is CC1=CCC2C(=O)N(CC34CC5CC(CC(C5)C3)C4)C(=O)C2C1. The van der Waals surface area contributed by atoms with Crippen molar-refractivity contribution in [3.05, 3.63) is 11.6 Å². The average Bonchev–Trinajstić information content (AvgIpc) is 2.70. The Morgan fingerprint density at radius 1 is 1.00 bits per heavy atom. The fourth-order valence-electron chi connectivity index (χ4n) is 7.08. The lowest BCUT2D eigenvalue weighted by atomic mass is 9.49. The molecule has 1 heterocycles. The molecule has 0 radical (unpaired) electrons. The molecule has 3 nitrogen and oxygen atoms in total. The summed E-state index contributed by atoms with van der Waals surface area (Å²) in [4.78, 5) is 27.5. The van der Waals surface area contributed by atoms with E-state index in [1.807, 2.05) is 0 Å². The predicted molar refractivity (Wildman–Crippen MR) is 87.3 cm³/mol. The van der Waals surface area contributed by atoms with Gasteiger partial charge in [0.2, 0.25) is 11.8 Å². The van der Waals surface area contributed by atoms with Crippen molar-refractivity contribution in [2.45, 2.75) is 58.3 Å². The van der Waals surface area contributed by atoms with E-state index in [0.29, 0.717) is 0 Å². The van der Waals surface area contributed by atoms with Crippen LogP contribution in [0.15, 0.2) is 11.6 Å². The zero-order chi connectivity index (χ0) is 15.8. The lowest BCUT2D eigenvalue weighted by Gasteiger charge is -2.57. The first-order chi connectivity index (χ1) is 11.0. The van der Waals surface area contributed by atoms with E-state index < -0.39 is 0 Å². The molecular formula is C20H27NO2. The minimum absolute atomic E-state index is 0.0542. The summed E-state index contributed by atoms with van der Waals surface area (Å²) in [5, 5.41) is 0. The Bertz CT molecular complexity index is 569. The number of amides is 2. The van der Waals surface area contributed by atoms with Crippen LogP contribution in [0, 0.1) is 35.0 Å². The van der Waals surface area contributed by atoms with E-state index >= 15 is 0 Å². The number of imide groups is 1. The van der Waals surface area contributed by atoms with Crippen LogP contribution in [0.2, 0.25) is 0 Å². The van der Waals surface area contributed by atoms with Crippen LogP contribution >= 0.6 is 0 Å². The van der Waals surface area contributed by atoms with Gasteiger partial charge in [-0.25, -0.2) is 0 Å². The number of likely N-dealkylation sites (tertiary alicyclic amines) is 1. The molecule has 0 aromatic carbocycles. The summed E-state index contributed by atoms with van der Waals surface area (Å²) in [6.07, 6.45) is 11.8. The minimum atomic E-state index is -0.0555.